The minimum Gasteiger partial charge on any atom is -0.299 e. The maximum atomic E-state index is 12.5. The van der Waals surface area contributed by atoms with Crippen molar-refractivity contribution in [1.29, 1.82) is 0 Å². The lowest BCUT2D eigenvalue weighted by Crippen LogP contribution is -2.33. The van der Waals surface area contributed by atoms with Crippen LogP contribution in [0, 0.1) is 5.92 Å². The summed E-state index contributed by atoms with van der Waals surface area (Å²) in [4.78, 5) is 38.4. The van der Waals surface area contributed by atoms with Gasteiger partial charge in [0.2, 0.25) is 0 Å². The van der Waals surface area contributed by atoms with Crippen LogP contribution in [0.5, 0.6) is 0 Å². The molecule has 0 N–H and O–H groups in total. The number of carbonyl (C=O) groups is 3. The fraction of sp³-hybridized carbons (Fsp3) is 0.591. The van der Waals surface area contributed by atoms with Crippen LogP contribution in [0.15, 0.2) is 18.2 Å². The molecule has 2 rings (SSSR count). The van der Waals surface area contributed by atoms with Gasteiger partial charge in [-0.3, -0.25) is 19.3 Å². The molecule has 7 heteroatoms. The van der Waals surface area contributed by atoms with E-state index >= 15 is 0 Å². The smallest absolute Gasteiger partial charge is 0.261 e. The van der Waals surface area contributed by atoms with Crippen LogP contribution in [0.2, 0.25) is 0 Å². The van der Waals surface area contributed by atoms with Gasteiger partial charge in [0.15, 0.2) is 9.84 Å². The van der Waals surface area contributed by atoms with Gasteiger partial charge in [-0.15, -0.1) is 0 Å². The third-order valence-electron chi connectivity index (χ3n) is 5.09. The second-order valence-electron chi connectivity index (χ2n) is 8.44. The van der Waals surface area contributed by atoms with E-state index in [1.165, 1.54) is 4.90 Å². The van der Waals surface area contributed by atoms with Gasteiger partial charge in [-0.2, -0.15) is 0 Å². The summed E-state index contributed by atoms with van der Waals surface area (Å²) < 4.78 is 23.5. The molecule has 2 amide bonds. The van der Waals surface area contributed by atoms with Gasteiger partial charge < -0.3 is 0 Å². The number of sulfone groups is 1. The van der Waals surface area contributed by atoms with E-state index in [1.807, 2.05) is 13.8 Å². The fourth-order valence-corrected chi connectivity index (χ4v) is 4.41. The number of ketones is 1. The molecule has 1 aliphatic heterocycles. The van der Waals surface area contributed by atoms with Gasteiger partial charge in [-0.25, -0.2) is 8.42 Å². The van der Waals surface area contributed by atoms with E-state index in [2.05, 4.69) is 0 Å². The molecule has 1 aromatic carbocycles. The Balaban J connectivity index is 1.86. The van der Waals surface area contributed by atoms with E-state index in [4.69, 9.17) is 0 Å². The molecule has 0 fully saturated rings. The zero-order valence-corrected chi connectivity index (χ0v) is 18.5. The van der Waals surface area contributed by atoms with Crippen molar-refractivity contribution in [3.8, 4) is 0 Å². The van der Waals surface area contributed by atoms with Crippen molar-refractivity contribution >= 4 is 27.4 Å². The van der Waals surface area contributed by atoms with E-state index < -0.39 is 9.84 Å². The minimum atomic E-state index is -3.02. The van der Waals surface area contributed by atoms with Gasteiger partial charge in [-0.05, 0) is 50.3 Å². The summed E-state index contributed by atoms with van der Waals surface area (Å²) in [7, 11) is -3.02. The minimum absolute atomic E-state index is 0.0486. The average Bonchev–Trinajstić information content (AvgIpc) is 2.85. The van der Waals surface area contributed by atoms with Crippen LogP contribution in [0.3, 0.4) is 0 Å². The summed E-state index contributed by atoms with van der Waals surface area (Å²) >= 11 is 0. The van der Waals surface area contributed by atoms with Crippen LogP contribution in [0.25, 0.3) is 0 Å². The largest absolute Gasteiger partial charge is 0.299 e. The molecule has 1 aromatic rings. The highest BCUT2D eigenvalue weighted by molar-refractivity contribution is 7.91. The molecule has 1 aliphatic rings. The summed E-state index contributed by atoms with van der Waals surface area (Å²) in [6.45, 7) is 7.64. The van der Waals surface area contributed by atoms with Crippen LogP contribution in [0.4, 0.5) is 0 Å². The predicted octanol–water partition coefficient (Wildman–Crippen LogP) is 3.43. The Labute approximate surface area is 173 Å². The highest BCUT2D eigenvalue weighted by atomic mass is 32.2. The van der Waals surface area contributed by atoms with Crippen molar-refractivity contribution < 1.29 is 22.8 Å². The molecule has 29 heavy (non-hydrogen) atoms. The standard InChI is InChI=1S/C22H31NO5S/c1-15(2)14-23-21(25)19-10-9-17(13-20(19)22(23)26)12-18(24)8-6-5-7-11-29(27,28)16(3)4/h9-10,13,15-16H,5-8,11-12,14H2,1-4H3. The number of Topliss-reactive ketones (excluding diaryl/α,β-unsaturated/α-hetero) is 1. The van der Waals surface area contributed by atoms with E-state index in [0.717, 1.165) is 5.56 Å². The zero-order valence-electron chi connectivity index (χ0n) is 17.7. The Hall–Kier alpha value is -2.02. The molecule has 0 radical (unpaired) electrons. The number of hydrogen-bond acceptors (Lipinski definition) is 5. The number of hydrogen-bond donors (Lipinski definition) is 0. The molecule has 0 bridgehead atoms. The molecule has 6 nitrogen and oxygen atoms in total. The Morgan fingerprint density at radius 1 is 0.966 bits per heavy atom. The van der Waals surface area contributed by atoms with Gasteiger partial charge in [0.1, 0.15) is 5.78 Å². The van der Waals surface area contributed by atoms with Gasteiger partial charge in [-0.1, -0.05) is 26.3 Å². The van der Waals surface area contributed by atoms with Crippen molar-refractivity contribution in [2.24, 2.45) is 5.92 Å². The highest BCUT2D eigenvalue weighted by Crippen LogP contribution is 2.25. The summed E-state index contributed by atoms with van der Waals surface area (Å²) in [6.07, 6.45) is 2.50. The maximum absolute atomic E-state index is 12.5. The predicted molar refractivity (Wildman–Crippen MR) is 113 cm³/mol. The number of carbonyl (C=O) groups excluding carboxylic acids is 3. The quantitative estimate of drug-likeness (QED) is 0.403. The molecule has 160 valence electrons. The molecule has 0 saturated carbocycles. The topological polar surface area (TPSA) is 88.6 Å². The van der Waals surface area contributed by atoms with E-state index in [1.54, 1.807) is 32.0 Å². The van der Waals surface area contributed by atoms with Crippen LogP contribution in [0.1, 0.15) is 79.7 Å². The SMILES string of the molecule is CC(C)CN1C(=O)c2ccc(CC(=O)CCCCCS(=O)(=O)C(C)C)cc2C1=O. The number of unbranched alkanes of at least 4 members (excludes halogenated alkanes) is 2. The Morgan fingerprint density at radius 3 is 2.24 bits per heavy atom. The van der Waals surface area contributed by atoms with Crippen molar-refractivity contribution in [1.82, 2.24) is 4.90 Å². The first-order valence-electron chi connectivity index (χ1n) is 10.2. The molecular formula is C22H31NO5S. The first-order valence-corrected chi connectivity index (χ1v) is 12.0. The molecule has 0 spiro atoms. The third kappa shape index (κ3) is 5.98. The first-order chi connectivity index (χ1) is 13.5. The molecule has 0 aliphatic carbocycles. The number of rotatable bonds is 11. The lowest BCUT2D eigenvalue weighted by Gasteiger charge is -2.15. The number of imide groups is 1. The van der Waals surface area contributed by atoms with Gasteiger partial charge in [0.05, 0.1) is 22.1 Å². The van der Waals surface area contributed by atoms with Crippen molar-refractivity contribution in [3.63, 3.8) is 0 Å². The van der Waals surface area contributed by atoms with E-state index in [-0.39, 0.29) is 40.9 Å². The Bertz CT molecular complexity index is 886. The fourth-order valence-electron chi connectivity index (χ4n) is 3.33. The first kappa shape index (κ1) is 23.3. The average molecular weight is 422 g/mol. The lowest BCUT2D eigenvalue weighted by molar-refractivity contribution is -0.118. The van der Waals surface area contributed by atoms with Crippen LogP contribution in [-0.4, -0.2) is 48.5 Å². The number of benzene rings is 1. The molecule has 0 aromatic heterocycles. The second-order valence-corrected chi connectivity index (χ2v) is 11.1. The summed E-state index contributed by atoms with van der Waals surface area (Å²) in [6, 6.07) is 5.02. The highest BCUT2D eigenvalue weighted by Gasteiger charge is 2.35. The van der Waals surface area contributed by atoms with Gasteiger partial charge >= 0.3 is 0 Å². The molecule has 0 unspecified atom stereocenters. The normalized spacial score (nSPS) is 14.2. The molecular weight excluding hydrogens is 390 g/mol. The maximum Gasteiger partial charge on any atom is 0.261 e. The third-order valence-corrected chi connectivity index (χ3v) is 7.38. The number of nitrogens with zero attached hydrogens (tertiary/aromatic N) is 1. The summed E-state index contributed by atoms with van der Waals surface area (Å²) in [5.74, 6) is -0.166. The van der Waals surface area contributed by atoms with Crippen molar-refractivity contribution in [3.05, 3.63) is 34.9 Å². The van der Waals surface area contributed by atoms with Crippen molar-refractivity contribution in [2.75, 3.05) is 12.3 Å². The van der Waals surface area contributed by atoms with Crippen LogP contribution >= 0.6 is 0 Å². The Morgan fingerprint density at radius 2 is 1.62 bits per heavy atom. The Kier molecular flexibility index (Phi) is 7.74. The second kappa shape index (κ2) is 9.65. The van der Waals surface area contributed by atoms with E-state index in [9.17, 15) is 22.8 Å². The lowest BCUT2D eigenvalue weighted by atomic mass is 10.00. The van der Waals surface area contributed by atoms with Crippen molar-refractivity contribution in [2.45, 2.75) is 65.0 Å². The van der Waals surface area contributed by atoms with E-state index in [0.29, 0.717) is 43.4 Å². The van der Waals surface area contributed by atoms with Crippen LogP contribution < -0.4 is 0 Å². The molecule has 1 heterocycles. The van der Waals surface area contributed by atoms with Gasteiger partial charge in [0, 0.05) is 19.4 Å². The molecule has 0 atom stereocenters. The number of fused-ring (bicyclic) bond motifs is 1. The molecule has 0 saturated heterocycles. The summed E-state index contributed by atoms with van der Waals surface area (Å²) in [5.41, 5.74) is 1.50. The van der Waals surface area contributed by atoms with Gasteiger partial charge in [0.25, 0.3) is 11.8 Å². The number of amides is 2. The van der Waals surface area contributed by atoms with Crippen LogP contribution in [-0.2, 0) is 21.1 Å². The monoisotopic (exact) mass is 421 g/mol. The zero-order chi connectivity index (χ0) is 21.8. The summed E-state index contributed by atoms with van der Waals surface area (Å²) in [5, 5.41) is -0.366.